The van der Waals surface area contributed by atoms with Gasteiger partial charge >= 0.3 is 0 Å². The van der Waals surface area contributed by atoms with E-state index in [4.69, 9.17) is 19.4 Å². The molecule has 4 heteroatoms. The SMILES string of the molecule is c1ccc(-c2ccc(-c3ccc4oc5cccc(-c6nc(-c7ccccc7)nc(-c7ccc(-c8ccccc8)cc7)n6)c5c4c3)cc2)cc1. The van der Waals surface area contributed by atoms with E-state index in [0.29, 0.717) is 17.5 Å². The summed E-state index contributed by atoms with van der Waals surface area (Å²) in [6, 6.07) is 60.5. The summed E-state index contributed by atoms with van der Waals surface area (Å²) in [5.41, 5.74) is 11.3. The van der Waals surface area contributed by atoms with Crippen LogP contribution in [0.15, 0.2) is 180 Å². The van der Waals surface area contributed by atoms with Crippen molar-refractivity contribution in [3.8, 4) is 67.5 Å². The van der Waals surface area contributed by atoms with Crippen LogP contribution in [-0.2, 0) is 0 Å². The number of rotatable bonds is 6. The zero-order valence-electron chi connectivity index (χ0n) is 26.5. The van der Waals surface area contributed by atoms with Crippen molar-refractivity contribution in [3.05, 3.63) is 176 Å². The molecule has 0 atom stereocenters. The normalized spacial score (nSPS) is 11.3. The highest BCUT2D eigenvalue weighted by molar-refractivity contribution is 6.12. The Kier molecular flexibility index (Phi) is 7.10. The first-order valence-corrected chi connectivity index (χ1v) is 16.4. The van der Waals surface area contributed by atoms with Gasteiger partial charge in [-0.2, -0.15) is 0 Å². The molecule has 0 fully saturated rings. The van der Waals surface area contributed by atoms with Crippen molar-refractivity contribution in [1.82, 2.24) is 15.0 Å². The Labute approximate surface area is 284 Å². The summed E-state index contributed by atoms with van der Waals surface area (Å²) in [5.74, 6) is 1.84. The van der Waals surface area contributed by atoms with Crippen LogP contribution < -0.4 is 0 Å². The fourth-order valence-corrected chi connectivity index (χ4v) is 6.46. The van der Waals surface area contributed by atoms with Gasteiger partial charge in [-0.1, -0.05) is 158 Å². The Bertz CT molecular complexity index is 2560. The van der Waals surface area contributed by atoms with Gasteiger partial charge < -0.3 is 4.42 Å². The lowest BCUT2D eigenvalue weighted by Gasteiger charge is -2.10. The molecule has 0 radical (unpaired) electrons. The molecule has 0 aliphatic heterocycles. The second-order valence-electron chi connectivity index (χ2n) is 12.1. The van der Waals surface area contributed by atoms with Crippen LogP contribution in [0.1, 0.15) is 0 Å². The van der Waals surface area contributed by atoms with E-state index in [1.165, 1.54) is 16.7 Å². The van der Waals surface area contributed by atoms with Gasteiger partial charge in [0.2, 0.25) is 0 Å². The molecule has 0 saturated carbocycles. The maximum atomic E-state index is 6.40. The predicted octanol–water partition coefficient (Wildman–Crippen LogP) is 11.8. The largest absolute Gasteiger partial charge is 0.456 e. The number of benzene rings is 7. The molecule has 49 heavy (non-hydrogen) atoms. The van der Waals surface area contributed by atoms with Crippen LogP contribution in [0, 0.1) is 0 Å². The summed E-state index contributed by atoms with van der Waals surface area (Å²) in [7, 11) is 0. The molecule has 9 rings (SSSR count). The van der Waals surface area contributed by atoms with Crippen LogP contribution in [0.2, 0.25) is 0 Å². The van der Waals surface area contributed by atoms with E-state index in [1.54, 1.807) is 0 Å². The third-order valence-corrected chi connectivity index (χ3v) is 8.98. The third-order valence-electron chi connectivity index (χ3n) is 8.98. The molecule has 0 saturated heterocycles. The van der Waals surface area contributed by atoms with E-state index in [1.807, 2.05) is 54.6 Å². The van der Waals surface area contributed by atoms with Crippen LogP contribution in [0.3, 0.4) is 0 Å². The average Bonchev–Trinajstić information content (AvgIpc) is 3.57. The lowest BCUT2D eigenvalue weighted by molar-refractivity contribution is 0.669. The minimum absolute atomic E-state index is 0.599. The molecular formula is C45H29N3O. The first-order valence-electron chi connectivity index (χ1n) is 16.4. The fourth-order valence-electron chi connectivity index (χ4n) is 6.46. The van der Waals surface area contributed by atoms with Gasteiger partial charge in [-0.3, -0.25) is 0 Å². The minimum Gasteiger partial charge on any atom is -0.456 e. The highest BCUT2D eigenvalue weighted by atomic mass is 16.3. The van der Waals surface area contributed by atoms with E-state index < -0.39 is 0 Å². The Balaban J connectivity index is 1.17. The lowest BCUT2D eigenvalue weighted by Crippen LogP contribution is -2.00. The van der Waals surface area contributed by atoms with Crippen LogP contribution in [0.4, 0.5) is 0 Å². The van der Waals surface area contributed by atoms with E-state index in [0.717, 1.165) is 55.3 Å². The molecule has 2 aromatic heterocycles. The topological polar surface area (TPSA) is 51.8 Å². The van der Waals surface area contributed by atoms with Crippen LogP contribution >= 0.6 is 0 Å². The number of hydrogen-bond donors (Lipinski definition) is 0. The highest BCUT2D eigenvalue weighted by Crippen LogP contribution is 2.38. The highest BCUT2D eigenvalue weighted by Gasteiger charge is 2.18. The predicted molar refractivity (Wildman–Crippen MR) is 200 cm³/mol. The number of aromatic nitrogens is 3. The van der Waals surface area contributed by atoms with E-state index in [9.17, 15) is 0 Å². The molecule has 0 amide bonds. The molecule has 2 heterocycles. The summed E-state index contributed by atoms with van der Waals surface area (Å²) >= 11 is 0. The summed E-state index contributed by atoms with van der Waals surface area (Å²) in [6.45, 7) is 0. The van der Waals surface area contributed by atoms with Gasteiger partial charge in [-0.25, -0.2) is 15.0 Å². The number of furan rings is 1. The average molecular weight is 628 g/mol. The van der Waals surface area contributed by atoms with Gasteiger partial charge in [-0.05, 0) is 51.6 Å². The molecule has 7 aromatic carbocycles. The Morgan fingerprint density at radius 3 is 1.31 bits per heavy atom. The maximum absolute atomic E-state index is 6.40. The summed E-state index contributed by atoms with van der Waals surface area (Å²) in [5, 5.41) is 2.00. The molecule has 0 N–H and O–H groups in total. The molecule has 230 valence electrons. The number of hydrogen-bond acceptors (Lipinski definition) is 4. The third kappa shape index (κ3) is 5.45. The second kappa shape index (κ2) is 12.2. The Hall–Kier alpha value is -6.65. The van der Waals surface area contributed by atoms with Crippen molar-refractivity contribution in [2.24, 2.45) is 0 Å². The smallest absolute Gasteiger partial charge is 0.164 e. The Morgan fingerprint density at radius 1 is 0.306 bits per heavy atom. The summed E-state index contributed by atoms with van der Waals surface area (Å²) in [6.07, 6.45) is 0. The van der Waals surface area contributed by atoms with Crippen molar-refractivity contribution in [2.45, 2.75) is 0 Å². The van der Waals surface area contributed by atoms with Gasteiger partial charge in [0.15, 0.2) is 17.5 Å². The zero-order valence-corrected chi connectivity index (χ0v) is 26.5. The first-order chi connectivity index (χ1) is 24.3. The van der Waals surface area contributed by atoms with Crippen LogP contribution in [-0.4, -0.2) is 15.0 Å². The number of fused-ring (bicyclic) bond motifs is 3. The molecule has 4 nitrogen and oxygen atoms in total. The monoisotopic (exact) mass is 627 g/mol. The maximum Gasteiger partial charge on any atom is 0.164 e. The molecule has 0 bridgehead atoms. The summed E-state index contributed by atoms with van der Waals surface area (Å²) < 4.78 is 6.40. The molecule has 0 aliphatic rings. The van der Waals surface area contributed by atoms with Crippen molar-refractivity contribution in [1.29, 1.82) is 0 Å². The van der Waals surface area contributed by atoms with E-state index in [2.05, 4.69) is 121 Å². The van der Waals surface area contributed by atoms with Gasteiger partial charge in [0.25, 0.3) is 0 Å². The molecule has 0 spiro atoms. The lowest BCUT2D eigenvalue weighted by atomic mass is 9.98. The van der Waals surface area contributed by atoms with E-state index in [-0.39, 0.29) is 0 Å². The van der Waals surface area contributed by atoms with Gasteiger partial charge in [0, 0.05) is 27.5 Å². The Morgan fingerprint density at radius 2 is 0.735 bits per heavy atom. The van der Waals surface area contributed by atoms with Gasteiger partial charge in [0.1, 0.15) is 11.2 Å². The summed E-state index contributed by atoms with van der Waals surface area (Å²) in [4.78, 5) is 15.1. The van der Waals surface area contributed by atoms with Crippen LogP contribution in [0.5, 0.6) is 0 Å². The molecule has 0 unspecified atom stereocenters. The van der Waals surface area contributed by atoms with E-state index >= 15 is 0 Å². The molecular weight excluding hydrogens is 599 g/mol. The van der Waals surface area contributed by atoms with Crippen molar-refractivity contribution in [3.63, 3.8) is 0 Å². The quantitative estimate of drug-likeness (QED) is 0.184. The van der Waals surface area contributed by atoms with Crippen molar-refractivity contribution < 1.29 is 4.42 Å². The fraction of sp³-hybridized carbons (Fsp3) is 0. The standard InChI is InChI=1S/C45H29N3O/c1-4-11-30(12-5-1)32-19-21-34(22-20-32)37-27-28-40-39(29-37)42-38(17-10-18-41(42)49-40)45-47-43(35-15-8-3-9-16-35)46-44(48-45)36-25-23-33(24-26-36)31-13-6-2-7-14-31/h1-29H. The van der Waals surface area contributed by atoms with Gasteiger partial charge in [-0.15, -0.1) is 0 Å². The molecule has 0 aliphatic carbocycles. The van der Waals surface area contributed by atoms with Gasteiger partial charge in [0.05, 0.1) is 0 Å². The van der Waals surface area contributed by atoms with Crippen LogP contribution in [0.25, 0.3) is 89.5 Å². The van der Waals surface area contributed by atoms with Crippen molar-refractivity contribution in [2.75, 3.05) is 0 Å². The first kappa shape index (κ1) is 28.6. The molecule has 9 aromatic rings. The number of nitrogens with zero attached hydrogens (tertiary/aromatic N) is 3. The zero-order chi connectivity index (χ0) is 32.6. The minimum atomic E-state index is 0.599. The van der Waals surface area contributed by atoms with Crippen molar-refractivity contribution >= 4 is 21.9 Å². The second-order valence-corrected chi connectivity index (χ2v) is 12.1.